The zero-order valence-electron chi connectivity index (χ0n) is 15.3. The van der Waals surface area contributed by atoms with Crippen molar-refractivity contribution in [2.24, 2.45) is 0 Å². The highest BCUT2D eigenvalue weighted by atomic mass is 32.1. The molecule has 1 saturated heterocycles. The molecular weight excluding hydrogens is 362 g/mol. The molecule has 3 heterocycles. The lowest BCUT2D eigenvalue weighted by Gasteiger charge is -2.23. The molecule has 1 aromatic carbocycles. The topological polar surface area (TPSA) is 79.6 Å². The molecule has 0 radical (unpaired) electrons. The van der Waals surface area contributed by atoms with Crippen LogP contribution >= 0.6 is 11.3 Å². The van der Waals surface area contributed by atoms with E-state index in [1.165, 1.54) is 15.9 Å². The van der Waals surface area contributed by atoms with Crippen molar-refractivity contribution in [3.63, 3.8) is 0 Å². The van der Waals surface area contributed by atoms with Crippen LogP contribution in [0.25, 0.3) is 4.96 Å². The fourth-order valence-corrected chi connectivity index (χ4v) is 4.40. The first kappa shape index (κ1) is 17.7. The Morgan fingerprint density at radius 1 is 1.30 bits per heavy atom. The van der Waals surface area contributed by atoms with Gasteiger partial charge in [0.05, 0.1) is 6.04 Å². The maximum Gasteiger partial charge on any atom is 0.318 e. The van der Waals surface area contributed by atoms with Gasteiger partial charge in [0.15, 0.2) is 0 Å². The Hall–Kier alpha value is -2.74. The summed E-state index contributed by atoms with van der Waals surface area (Å²) in [6, 6.07) is 9.61. The van der Waals surface area contributed by atoms with E-state index in [0.717, 1.165) is 29.1 Å². The Morgan fingerprint density at radius 3 is 2.85 bits per heavy atom. The molecule has 0 bridgehead atoms. The van der Waals surface area contributed by atoms with Gasteiger partial charge in [-0.05, 0) is 32.3 Å². The summed E-state index contributed by atoms with van der Waals surface area (Å²) in [5.41, 5.74) is 2.24. The number of nitrogens with zero attached hydrogens (tertiary/aromatic N) is 4. The molecule has 7 nitrogen and oxygen atoms in total. The fraction of sp³-hybridized carbons (Fsp3) is 0.368. The van der Waals surface area contributed by atoms with Crippen LogP contribution in [0.1, 0.15) is 40.7 Å². The van der Waals surface area contributed by atoms with E-state index in [0.29, 0.717) is 23.6 Å². The van der Waals surface area contributed by atoms with Gasteiger partial charge in [0.2, 0.25) is 4.96 Å². The van der Waals surface area contributed by atoms with Crippen molar-refractivity contribution in [3.8, 4) is 0 Å². The zero-order chi connectivity index (χ0) is 19.0. The Labute approximate surface area is 160 Å². The van der Waals surface area contributed by atoms with Gasteiger partial charge in [0, 0.05) is 24.3 Å². The van der Waals surface area contributed by atoms with Crippen LogP contribution in [0.3, 0.4) is 0 Å². The average molecular weight is 383 g/mol. The van der Waals surface area contributed by atoms with E-state index in [4.69, 9.17) is 0 Å². The largest absolute Gasteiger partial charge is 0.334 e. The number of hydrogen-bond acceptors (Lipinski definition) is 5. The van der Waals surface area contributed by atoms with Crippen LogP contribution in [0.15, 0.2) is 35.1 Å². The second-order valence-corrected chi connectivity index (χ2v) is 7.75. The van der Waals surface area contributed by atoms with E-state index in [-0.39, 0.29) is 17.6 Å². The summed E-state index contributed by atoms with van der Waals surface area (Å²) in [7, 11) is 0. The van der Waals surface area contributed by atoms with Crippen molar-refractivity contribution < 1.29 is 4.79 Å². The molecule has 1 unspecified atom stereocenters. The molecule has 0 aliphatic carbocycles. The van der Waals surface area contributed by atoms with Gasteiger partial charge in [-0.3, -0.25) is 4.79 Å². The first-order chi connectivity index (χ1) is 13.0. The van der Waals surface area contributed by atoms with E-state index in [1.807, 2.05) is 42.2 Å². The highest BCUT2D eigenvalue weighted by Gasteiger charge is 2.33. The van der Waals surface area contributed by atoms with Crippen LogP contribution < -0.4 is 10.9 Å². The molecule has 4 rings (SSSR count). The summed E-state index contributed by atoms with van der Waals surface area (Å²) >= 11 is 1.39. The van der Waals surface area contributed by atoms with Crippen molar-refractivity contribution in [1.29, 1.82) is 0 Å². The van der Waals surface area contributed by atoms with Crippen LogP contribution in [-0.2, 0) is 6.54 Å². The number of likely N-dealkylation sites (tertiary alicyclic amines) is 1. The number of urea groups is 1. The maximum absolute atomic E-state index is 12.7. The Bertz CT molecular complexity index is 1040. The van der Waals surface area contributed by atoms with Gasteiger partial charge in [0.1, 0.15) is 5.01 Å². The van der Waals surface area contributed by atoms with Crippen molar-refractivity contribution in [1.82, 2.24) is 24.8 Å². The summed E-state index contributed by atoms with van der Waals surface area (Å²) in [4.78, 5) is 32.0. The molecule has 1 aliphatic heterocycles. The van der Waals surface area contributed by atoms with Crippen molar-refractivity contribution in [3.05, 3.63) is 62.5 Å². The standard InChI is InChI=1S/C19H21N5O2S/c1-12-13(2)21-19-24(17(12)25)22-16(27-19)15-9-6-10-23(15)18(26)20-11-14-7-4-3-5-8-14/h3-5,7-8,15H,6,9-11H2,1-2H3,(H,20,26). The summed E-state index contributed by atoms with van der Waals surface area (Å²) in [5, 5.41) is 8.23. The van der Waals surface area contributed by atoms with Crippen LogP contribution in [-0.4, -0.2) is 32.1 Å². The zero-order valence-corrected chi connectivity index (χ0v) is 16.1. The molecule has 0 spiro atoms. The van der Waals surface area contributed by atoms with Crippen LogP contribution in [0.2, 0.25) is 0 Å². The Morgan fingerprint density at radius 2 is 2.07 bits per heavy atom. The van der Waals surface area contributed by atoms with E-state index in [9.17, 15) is 9.59 Å². The van der Waals surface area contributed by atoms with Gasteiger partial charge in [-0.25, -0.2) is 9.78 Å². The third kappa shape index (κ3) is 3.32. The van der Waals surface area contributed by atoms with E-state index < -0.39 is 0 Å². The van der Waals surface area contributed by atoms with Crippen molar-refractivity contribution >= 4 is 22.3 Å². The highest BCUT2D eigenvalue weighted by Crippen LogP contribution is 2.34. The minimum atomic E-state index is -0.141. The molecule has 1 aliphatic rings. The summed E-state index contributed by atoms with van der Waals surface area (Å²) in [6.07, 6.45) is 1.75. The normalized spacial score (nSPS) is 16.8. The number of carbonyl (C=O) groups excluding carboxylic acids is 1. The molecule has 1 atom stereocenters. The SMILES string of the molecule is Cc1nc2sc(C3CCCN3C(=O)NCc3ccccc3)nn2c(=O)c1C. The number of hydrogen-bond donors (Lipinski definition) is 1. The third-order valence-electron chi connectivity index (χ3n) is 4.98. The van der Waals surface area contributed by atoms with Gasteiger partial charge in [-0.2, -0.15) is 9.61 Å². The highest BCUT2D eigenvalue weighted by molar-refractivity contribution is 7.16. The lowest BCUT2D eigenvalue weighted by Crippen LogP contribution is -2.39. The van der Waals surface area contributed by atoms with Gasteiger partial charge in [-0.1, -0.05) is 41.7 Å². The molecule has 2 aromatic heterocycles. The maximum atomic E-state index is 12.7. The summed E-state index contributed by atoms with van der Waals surface area (Å²) in [6.45, 7) is 4.76. The minimum Gasteiger partial charge on any atom is -0.334 e. The first-order valence-electron chi connectivity index (χ1n) is 9.00. The number of amides is 2. The number of benzene rings is 1. The number of aromatic nitrogens is 3. The molecule has 1 N–H and O–H groups in total. The predicted octanol–water partition coefficient (Wildman–Crippen LogP) is 2.81. The molecular formula is C19H21N5O2S. The van der Waals surface area contributed by atoms with Crippen molar-refractivity contribution in [2.45, 2.75) is 39.3 Å². The molecule has 140 valence electrons. The van der Waals surface area contributed by atoms with Gasteiger partial charge in [0.25, 0.3) is 5.56 Å². The van der Waals surface area contributed by atoms with Crippen LogP contribution in [0.5, 0.6) is 0 Å². The van der Waals surface area contributed by atoms with Crippen molar-refractivity contribution in [2.75, 3.05) is 6.54 Å². The quantitative estimate of drug-likeness (QED) is 0.754. The second kappa shape index (κ2) is 7.11. The summed E-state index contributed by atoms with van der Waals surface area (Å²) < 4.78 is 1.36. The number of nitrogens with one attached hydrogen (secondary N) is 1. The smallest absolute Gasteiger partial charge is 0.318 e. The van der Waals surface area contributed by atoms with E-state index in [1.54, 1.807) is 6.92 Å². The average Bonchev–Trinajstić information content (AvgIpc) is 3.32. The molecule has 8 heteroatoms. The number of aryl methyl sites for hydroxylation is 1. The monoisotopic (exact) mass is 383 g/mol. The number of rotatable bonds is 3. The van der Waals surface area contributed by atoms with Gasteiger partial charge in [-0.15, -0.1) is 0 Å². The lowest BCUT2D eigenvalue weighted by molar-refractivity contribution is 0.192. The van der Waals surface area contributed by atoms with Crippen LogP contribution in [0.4, 0.5) is 4.79 Å². The number of carbonyl (C=O) groups is 1. The van der Waals surface area contributed by atoms with Crippen LogP contribution in [0, 0.1) is 13.8 Å². The predicted molar refractivity (Wildman–Crippen MR) is 104 cm³/mol. The molecule has 27 heavy (non-hydrogen) atoms. The lowest BCUT2D eigenvalue weighted by atomic mass is 10.2. The molecule has 2 amide bonds. The Kier molecular flexibility index (Phi) is 4.65. The fourth-order valence-electron chi connectivity index (χ4n) is 3.32. The molecule has 3 aromatic rings. The van der Waals surface area contributed by atoms with Gasteiger partial charge < -0.3 is 10.2 Å². The third-order valence-corrected chi connectivity index (χ3v) is 5.99. The number of fused-ring (bicyclic) bond motifs is 1. The Balaban J connectivity index is 1.56. The van der Waals surface area contributed by atoms with E-state index >= 15 is 0 Å². The van der Waals surface area contributed by atoms with Gasteiger partial charge >= 0.3 is 6.03 Å². The first-order valence-corrected chi connectivity index (χ1v) is 9.81. The molecule has 0 saturated carbocycles. The molecule has 1 fully saturated rings. The minimum absolute atomic E-state index is 0.103. The second-order valence-electron chi connectivity index (χ2n) is 6.76. The summed E-state index contributed by atoms with van der Waals surface area (Å²) in [5.74, 6) is 0. The van der Waals surface area contributed by atoms with E-state index in [2.05, 4.69) is 15.4 Å².